The van der Waals surface area contributed by atoms with Crippen molar-refractivity contribution in [1.29, 1.82) is 0 Å². The highest BCUT2D eigenvalue weighted by Gasteiger charge is 2.07. The maximum atomic E-state index is 12.8. The van der Waals surface area contributed by atoms with E-state index in [0.717, 1.165) is 0 Å². The van der Waals surface area contributed by atoms with Crippen molar-refractivity contribution in [2.75, 3.05) is 12.4 Å². The number of rotatable bonds is 1. The molecule has 0 spiro atoms. The van der Waals surface area contributed by atoms with Crippen LogP contribution in [0.4, 0.5) is 14.5 Å². The van der Waals surface area contributed by atoms with Gasteiger partial charge < -0.3 is 5.32 Å². The van der Waals surface area contributed by atoms with Gasteiger partial charge in [0.25, 0.3) is 0 Å². The van der Waals surface area contributed by atoms with Gasteiger partial charge in [0.15, 0.2) is 0 Å². The average Bonchev–Trinajstić information content (AvgIpc) is 1.85. The number of hydrogen-bond donors (Lipinski definition) is 1. The van der Waals surface area contributed by atoms with Crippen LogP contribution in [-0.2, 0) is 0 Å². The Morgan fingerprint density at radius 2 is 1.67 bits per heavy atom. The van der Waals surface area contributed by atoms with Crippen molar-refractivity contribution in [2.24, 2.45) is 0 Å². The standard InChI is InChI=1S/C7H6BrF2N.ClH/c1-11-7-5(9)2-4(8)3-6(7)10;/h2-3,11H,1H3;1H. The monoisotopic (exact) mass is 257 g/mol. The first kappa shape index (κ1) is 11.6. The third kappa shape index (κ3) is 2.32. The molecule has 0 amide bonds. The summed E-state index contributed by atoms with van der Waals surface area (Å²) in [5.41, 5.74) is -0.104. The van der Waals surface area contributed by atoms with E-state index in [4.69, 9.17) is 0 Å². The van der Waals surface area contributed by atoms with Crippen molar-refractivity contribution in [3.05, 3.63) is 28.2 Å². The van der Waals surface area contributed by atoms with Crippen LogP contribution in [0.3, 0.4) is 0 Å². The second kappa shape index (κ2) is 4.62. The maximum Gasteiger partial charge on any atom is 0.150 e. The molecule has 0 aliphatic heterocycles. The van der Waals surface area contributed by atoms with Gasteiger partial charge in [-0.05, 0) is 12.1 Å². The second-order valence-electron chi connectivity index (χ2n) is 1.99. The lowest BCUT2D eigenvalue weighted by molar-refractivity contribution is 0.588. The van der Waals surface area contributed by atoms with Gasteiger partial charge in [-0.2, -0.15) is 0 Å². The van der Waals surface area contributed by atoms with E-state index < -0.39 is 11.6 Å². The fourth-order valence-electron chi connectivity index (χ4n) is 0.781. The number of hydrogen-bond acceptors (Lipinski definition) is 1. The summed E-state index contributed by atoms with van der Waals surface area (Å²) in [6, 6.07) is 2.41. The van der Waals surface area contributed by atoms with E-state index in [1.807, 2.05) is 0 Å². The molecule has 0 saturated heterocycles. The molecular formula is C7H7BrClF2N. The van der Waals surface area contributed by atoms with Gasteiger partial charge >= 0.3 is 0 Å². The van der Waals surface area contributed by atoms with Gasteiger partial charge in [0, 0.05) is 11.5 Å². The summed E-state index contributed by atoms with van der Waals surface area (Å²) in [5.74, 6) is -1.20. The van der Waals surface area contributed by atoms with Gasteiger partial charge in [-0.1, -0.05) is 15.9 Å². The van der Waals surface area contributed by atoms with E-state index >= 15 is 0 Å². The molecule has 0 unspecified atom stereocenters. The molecule has 1 aromatic rings. The minimum atomic E-state index is -0.598. The predicted molar refractivity (Wildman–Crippen MR) is 50.9 cm³/mol. The molecule has 0 radical (unpaired) electrons. The van der Waals surface area contributed by atoms with Crippen LogP contribution in [0, 0.1) is 11.6 Å². The van der Waals surface area contributed by atoms with Crippen LogP contribution in [0.5, 0.6) is 0 Å². The average molecular weight is 258 g/mol. The summed E-state index contributed by atoms with van der Waals surface area (Å²) in [7, 11) is 1.47. The molecule has 68 valence electrons. The molecule has 12 heavy (non-hydrogen) atoms. The zero-order valence-corrected chi connectivity index (χ0v) is 8.60. The number of halogens is 4. The largest absolute Gasteiger partial charge is 0.383 e. The molecule has 5 heteroatoms. The summed E-state index contributed by atoms with van der Waals surface area (Å²) in [5, 5.41) is 2.42. The Morgan fingerprint density at radius 3 is 2.00 bits per heavy atom. The van der Waals surface area contributed by atoms with Crippen LogP contribution < -0.4 is 5.32 Å². The first-order valence-electron chi connectivity index (χ1n) is 2.97. The van der Waals surface area contributed by atoms with Gasteiger partial charge in [-0.15, -0.1) is 12.4 Å². The quantitative estimate of drug-likeness (QED) is 0.816. The Bertz CT molecular complexity index is 257. The van der Waals surface area contributed by atoms with Crippen LogP contribution in [-0.4, -0.2) is 7.05 Å². The first-order chi connectivity index (χ1) is 5.15. The fourth-order valence-corrected chi connectivity index (χ4v) is 1.18. The Kier molecular flexibility index (Phi) is 4.49. The molecule has 0 aromatic heterocycles. The van der Waals surface area contributed by atoms with E-state index in [9.17, 15) is 8.78 Å². The summed E-state index contributed by atoms with van der Waals surface area (Å²) in [6.45, 7) is 0. The summed E-state index contributed by atoms with van der Waals surface area (Å²) >= 11 is 2.97. The highest BCUT2D eigenvalue weighted by atomic mass is 79.9. The lowest BCUT2D eigenvalue weighted by Crippen LogP contribution is -1.96. The predicted octanol–water partition coefficient (Wildman–Crippen LogP) is 3.19. The van der Waals surface area contributed by atoms with Gasteiger partial charge in [0.1, 0.15) is 17.3 Å². The Labute approximate surface area is 83.7 Å². The molecule has 0 heterocycles. The molecule has 1 aromatic carbocycles. The lowest BCUT2D eigenvalue weighted by atomic mass is 10.3. The van der Waals surface area contributed by atoms with E-state index in [1.165, 1.54) is 19.2 Å². The van der Waals surface area contributed by atoms with E-state index in [0.29, 0.717) is 4.47 Å². The molecule has 0 bridgehead atoms. The molecule has 0 aliphatic rings. The van der Waals surface area contributed by atoms with Crippen molar-refractivity contribution in [3.8, 4) is 0 Å². The van der Waals surface area contributed by atoms with E-state index in [1.54, 1.807) is 0 Å². The van der Waals surface area contributed by atoms with E-state index in [2.05, 4.69) is 21.2 Å². The van der Waals surface area contributed by atoms with Crippen LogP contribution in [0.25, 0.3) is 0 Å². The molecule has 1 nitrogen and oxygen atoms in total. The topological polar surface area (TPSA) is 12.0 Å². The van der Waals surface area contributed by atoms with Crippen molar-refractivity contribution in [1.82, 2.24) is 0 Å². The van der Waals surface area contributed by atoms with Crippen LogP contribution in [0.1, 0.15) is 0 Å². The number of benzene rings is 1. The first-order valence-corrected chi connectivity index (χ1v) is 3.76. The van der Waals surface area contributed by atoms with Gasteiger partial charge in [0.05, 0.1) is 0 Å². The van der Waals surface area contributed by atoms with Crippen molar-refractivity contribution < 1.29 is 8.78 Å². The third-order valence-electron chi connectivity index (χ3n) is 1.26. The number of nitrogens with one attached hydrogen (secondary N) is 1. The van der Waals surface area contributed by atoms with Crippen LogP contribution in [0.15, 0.2) is 16.6 Å². The van der Waals surface area contributed by atoms with E-state index in [-0.39, 0.29) is 18.1 Å². The third-order valence-corrected chi connectivity index (χ3v) is 1.71. The summed E-state index contributed by atoms with van der Waals surface area (Å²) in [6.07, 6.45) is 0. The normalized spacial score (nSPS) is 9.00. The lowest BCUT2D eigenvalue weighted by Gasteiger charge is -2.03. The summed E-state index contributed by atoms with van der Waals surface area (Å²) < 4.78 is 26.0. The van der Waals surface area contributed by atoms with Crippen molar-refractivity contribution in [2.45, 2.75) is 0 Å². The van der Waals surface area contributed by atoms with Crippen LogP contribution in [0.2, 0.25) is 0 Å². The molecule has 1 N–H and O–H groups in total. The molecule has 0 aliphatic carbocycles. The highest BCUT2D eigenvalue weighted by Crippen LogP contribution is 2.22. The van der Waals surface area contributed by atoms with Crippen molar-refractivity contribution in [3.63, 3.8) is 0 Å². The van der Waals surface area contributed by atoms with Crippen molar-refractivity contribution >= 4 is 34.0 Å². The van der Waals surface area contributed by atoms with Gasteiger partial charge in [-0.25, -0.2) is 8.78 Å². The number of anilines is 1. The van der Waals surface area contributed by atoms with Crippen LogP contribution >= 0.6 is 28.3 Å². The molecule has 1 rings (SSSR count). The minimum Gasteiger partial charge on any atom is -0.383 e. The maximum absolute atomic E-state index is 12.8. The molecule has 0 saturated carbocycles. The molecular weight excluding hydrogens is 251 g/mol. The van der Waals surface area contributed by atoms with Gasteiger partial charge in [0.2, 0.25) is 0 Å². The zero-order valence-electron chi connectivity index (χ0n) is 6.20. The highest BCUT2D eigenvalue weighted by molar-refractivity contribution is 9.10. The fraction of sp³-hybridized carbons (Fsp3) is 0.143. The Balaban J connectivity index is 0.00000121. The zero-order chi connectivity index (χ0) is 8.43. The molecule has 0 atom stereocenters. The SMILES string of the molecule is CNc1c(F)cc(Br)cc1F.Cl. The van der Waals surface area contributed by atoms with Gasteiger partial charge in [-0.3, -0.25) is 0 Å². The molecule has 0 fully saturated rings. The second-order valence-corrected chi connectivity index (χ2v) is 2.91. The Hall–Kier alpha value is -0.350. The Morgan fingerprint density at radius 1 is 1.25 bits per heavy atom. The minimum absolute atomic E-state index is 0. The summed E-state index contributed by atoms with van der Waals surface area (Å²) in [4.78, 5) is 0. The smallest absolute Gasteiger partial charge is 0.150 e.